The van der Waals surface area contributed by atoms with Crippen LogP contribution in [0.15, 0.2) is 177 Å². The largest absolute Gasteiger partial charge is 0.495 e. The molecule has 14 aromatic rings. The number of pyridine rings is 1. The number of hydrogen-bond acceptors (Lipinski definition) is 21. The van der Waals surface area contributed by atoms with Gasteiger partial charge in [0.2, 0.25) is 35.5 Å². The number of benzene rings is 5. The number of ether oxygens (including phenoxy) is 7. The fourth-order valence-corrected chi connectivity index (χ4v) is 12.6. The molecule has 9 aromatic heterocycles. The number of H-pyrrole nitrogens is 4. The van der Waals surface area contributed by atoms with E-state index >= 15 is 0 Å². The van der Waals surface area contributed by atoms with Crippen LogP contribution in [-0.2, 0) is 11.8 Å². The monoisotopic (exact) mass is 1500 g/mol. The number of aromatic nitrogens is 12. The van der Waals surface area contributed by atoms with Crippen molar-refractivity contribution in [1.82, 2.24) is 75.3 Å². The molecule has 5 aromatic carbocycles. The summed E-state index contributed by atoms with van der Waals surface area (Å²) in [6.45, 7) is 9.08. The summed E-state index contributed by atoms with van der Waals surface area (Å²) in [6.07, 6.45) is 12.6. The van der Waals surface area contributed by atoms with Crippen LogP contribution in [0.2, 0.25) is 0 Å². The van der Waals surface area contributed by atoms with E-state index < -0.39 is 0 Å². The maximum Gasteiger partial charge on any atom is 0.251 e. The summed E-state index contributed by atoms with van der Waals surface area (Å²) in [7, 11) is 11.4. The van der Waals surface area contributed by atoms with Crippen LogP contribution in [0.1, 0.15) is 71.6 Å². The predicted octanol–water partition coefficient (Wildman–Crippen LogP) is 14.3. The van der Waals surface area contributed by atoms with Crippen molar-refractivity contribution in [1.29, 1.82) is 0 Å². The van der Waals surface area contributed by atoms with Crippen LogP contribution in [0.5, 0.6) is 34.9 Å². The quantitative estimate of drug-likeness (QED) is 0.0283. The van der Waals surface area contributed by atoms with Gasteiger partial charge in [-0.25, -0.2) is 4.98 Å². The van der Waals surface area contributed by atoms with Gasteiger partial charge in [0.05, 0.1) is 80.0 Å². The molecule has 0 atom stereocenters. The average Bonchev–Trinajstić information content (AvgIpc) is 1.66. The third kappa shape index (κ3) is 17.1. The number of nitrogen functional groups attached to an aromatic ring is 1. The molecule has 1 saturated heterocycles. The Morgan fingerprint density at radius 1 is 0.495 bits per heavy atom. The van der Waals surface area contributed by atoms with Crippen molar-refractivity contribution in [2.24, 2.45) is 7.05 Å². The molecule has 0 radical (unpaired) electrons. The van der Waals surface area contributed by atoms with E-state index in [0.717, 1.165) is 84.9 Å². The number of aryl methyl sites for hydroxylation is 1. The molecular weight excluding hydrogens is 1410 g/mol. The predicted molar refractivity (Wildman–Crippen MR) is 429 cm³/mol. The van der Waals surface area contributed by atoms with Gasteiger partial charge in [0.1, 0.15) is 46.1 Å². The van der Waals surface area contributed by atoms with Crippen molar-refractivity contribution in [3.8, 4) is 90.8 Å². The van der Waals surface area contributed by atoms with E-state index in [1.54, 1.807) is 102 Å². The van der Waals surface area contributed by atoms with E-state index in [0.29, 0.717) is 122 Å². The van der Waals surface area contributed by atoms with Gasteiger partial charge in [-0.3, -0.25) is 14.4 Å². The highest BCUT2D eigenvalue weighted by Crippen LogP contribution is 2.42. The molecule has 12 N–H and O–H groups in total. The zero-order chi connectivity index (χ0) is 77.8. The molecule has 1 aliphatic rings. The van der Waals surface area contributed by atoms with Crippen molar-refractivity contribution < 1.29 is 47.5 Å². The SMILES string of the molecule is CNC(=O)c1ccc(Nc2nc(OC(C)C)c3c(-c4ccc(-c5ccc[nH]5)cc4)c[nH]c3n2)c(OC)c1.CNC(=O)c1ccc(Nc2nc(OC(C)C)c3c(-c4ccnc(N)c4)c[nH]c3n2)c(OC)c1.CNC(=O)c1ccc(Nc2nc(OC3CCOCC3)c3c(-c4ccc(-c5cccn5C)cc4)c[nH]c3n2)c(OC)c1. The zero-order valence-corrected chi connectivity index (χ0v) is 63.0. The number of nitrogens with zero attached hydrogens (tertiary/aromatic N) is 8. The third-order valence-electron chi connectivity index (χ3n) is 18.1. The molecule has 0 unspecified atom stereocenters. The lowest BCUT2D eigenvalue weighted by atomic mass is 10.0. The summed E-state index contributed by atoms with van der Waals surface area (Å²) in [5.74, 6) is 3.65. The number of methoxy groups -OCH3 is 3. The molecule has 0 bridgehead atoms. The van der Waals surface area contributed by atoms with Crippen molar-refractivity contribution in [2.75, 3.05) is 77.4 Å². The first-order chi connectivity index (χ1) is 53.9. The van der Waals surface area contributed by atoms with Crippen LogP contribution in [0.4, 0.5) is 40.7 Å². The Labute approximate surface area is 638 Å². The number of anilines is 7. The summed E-state index contributed by atoms with van der Waals surface area (Å²) in [5, 5.41) is 19.8. The van der Waals surface area contributed by atoms with Crippen LogP contribution in [-0.4, -0.2) is 151 Å². The van der Waals surface area contributed by atoms with Crippen LogP contribution in [0, 0.1) is 0 Å². The van der Waals surface area contributed by atoms with Crippen LogP contribution < -0.4 is 66.1 Å². The van der Waals surface area contributed by atoms with E-state index in [4.69, 9.17) is 58.8 Å². The lowest BCUT2D eigenvalue weighted by Gasteiger charge is -2.23. The molecule has 568 valence electrons. The summed E-state index contributed by atoms with van der Waals surface area (Å²) >= 11 is 0. The molecule has 0 aliphatic carbocycles. The third-order valence-corrected chi connectivity index (χ3v) is 18.1. The first kappa shape index (κ1) is 75.3. The van der Waals surface area contributed by atoms with E-state index in [1.807, 2.05) is 90.0 Å². The summed E-state index contributed by atoms with van der Waals surface area (Å²) in [4.78, 5) is 81.3. The number of nitrogens with one attached hydrogen (secondary N) is 10. The minimum absolute atomic E-state index is 0.0152. The first-order valence-electron chi connectivity index (χ1n) is 35.8. The van der Waals surface area contributed by atoms with Gasteiger partial charge in [0.15, 0.2) is 0 Å². The number of hydrogen-bond donors (Lipinski definition) is 11. The number of carbonyl (C=O) groups excluding carboxylic acids is 3. The fraction of sp³-hybridized carbons (Fsp3) is 0.220. The smallest absolute Gasteiger partial charge is 0.251 e. The van der Waals surface area contributed by atoms with Gasteiger partial charge in [-0.15, -0.1) is 0 Å². The highest BCUT2D eigenvalue weighted by molar-refractivity contribution is 6.02. The Bertz CT molecular complexity index is 5630. The number of carbonyl (C=O) groups is 3. The highest BCUT2D eigenvalue weighted by atomic mass is 16.5. The lowest BCUT2D eigenvalue weighted by molar-refractivity contribution is 0.0244. The molecule has 29 nitrogen and oxygen atoms in total. The summed E-state index contributed by atoms with van der Waals surface area (Å²) < 4.78 is 42.8. The second kappa shape index (κ2) is 33.9. The van der Waals surface area contributed by atoms with E-state index in [1.165, 1.54) is 7.11 Å². The molecule has 10 heterocycles. The Morgan fingerprint density at radius 2 is 0.919 bits per heavy atom. The van der Waals surface area contributed by atoms with Crippen molar-refractivity contribution in [3.05, 3.63) is 193 Å². The Kier molecular flexibility index (Phi) is 23.0. The van der Waals surface area contributed by atoms with Gasteiger partial charge >= 0.3 is 0 Å². The summed E-state index contributed by atoms with van der Waals surface area (Å²) in [5.41, 5.74) is 21.2. The van der Waals surface area contributed by atoms with Gasteiger partial charge in [0.25, 0.3) is 17.7 Å². The minimum Gasteiger partial charge on any atom is -0.495 e. The highest BCUT2D eigenvalue weighted by Gasteiger charge is 2.26. The maximum absolute atomic E-state index is 12.1. The van der Waals surface area contributed by atoms with Crippen molar-refractivity contribution in [2.45, 2.75) is 58.8 Å². The second-order valence-electron chi connectivity index (χ2n) is 26.2. The number of amides is 3. The van der Waals surface area contributed by atoms with Gasteiger partial charge in [-0.1, -0.05) is 48.5 Å². The normalized spacial score (nSPS) is 12.0. The van der Waals surface area contributed by atoms with Gasteiger partial charge in [-0.05, 0) is 147 Å². The molecule has 1 aliphatic heterocycles. The number of rotatable bonds is 23. The molecule has 15 rings (SSSR count). The summed E-state index contributed by atoms with van der Waals surface area (Å²) in [6, 6.07) is 43.9. The Balaban J connectivity index is 0.000000147. The average molecular weight is 1500 g/mol. The molecule has 0 spiro atoms. The molecular formula is C82H85N19O10. The fourth-order valence-electron chi connectivity index (χ4n) is 12.6. The van der Waals surface area contributed by atoms with Crippen LogP contribution >= 0.6 is 0 Å². The first-order valence-corrected chi connectivity index (χ1v) is 35.8. The van der Waals surface area contributed by atoms with E-state index in [9.17, 15) is 14.4 Å². The second-order valence-corrected chi connectivity index (χ2v) is 26.2. The van der Waals surface area contributed by atoms with E-state index in [2.05, 4.69) is 126 Å². The minimum atomic E-state index is -0.208. The van der Waals surface area contributed by atoms with E-state index in [-0.39, 0.29) is 36.0 Å². The standard InChI is InChI=1S/C31H32N6O4.C28H28N6O3.C23H25N7O3/c1-32-29(38)21-10-11-24(26(17-21)39-3)34-31-35-28-27(30(36-31)41-22-12-15-40-16-13-22)23(18-33-28)19-6-8-20(9-7-19)25-5-4-14-37(25)2;1-16(2)37-27-24-20(17-7-9-18(10-8-17)21-6-5-13-30-21)15-31-25(24)33-28(34-27)32-22-12-11-19(26(35)29-3)14-23(22)36-4;1-12(2)33-22-19-15(13-7-8-26-18(24)10-13)11-27-20(19)29-23(30-22)28-16-6-5-14(21(31)25-3)9-17(16)32-4/h4-11,14,17-18,22H,12-13,15-16H2,1-3H3,(H,32,38)(H2,33,34,35,36);5-16,30H,1-4H3,(H,29,35)(H2,31,32,33,34);5-12H,1-4H3,(H2,24,26)(H,25,31)(H2,27,28,29,30). The number of nitrogens with two attached hydrogens (primary N) is 1. The zero-order valence-electron chi connectivity index (χ0n) is 63.0. The molecule has 0 saturated carbocycles. The number of aromatic amines is 4. The van der Waals surface area contributed by atoms with Crippen LogP contribution in [0.3, 0.4) is 0 Å². The number of fused-ring (bicyclic) bond motifs is 3. The van der Waals surface area contributed by atoms with Crippen molar-refractivity contribution >= 4 is 91.5 Å². The van der Waals surface area contributed by atoms with Gasteiger partial charge in [0, 0.05) is 123 Å². The van der Waals surface area contributed by atoms with Crippen molar-refractivity contribution in [3.63, 3.8) is 0 Å². The molecule has 111 heavy (non-hydrogen) atoms. The molecule has 3 amide bonds. The maximum atomic E-state index is 12.1. The molecule has 29 heteroatoms. The Hall–Kier alpha value is -14.0. The van der Waals surface area contributed by atoms with Crippen LogP contribution in [0.25, 0.3) is 89.0 Å². The topological polar surface area (TPSA) is 372 Å². The van der Waals surface area contributed by atoms with Gasteiger partial charge in [-0.2, -0.15) is 29.9 Å². The lowest BCUT2D eigenvalue weighted by Crippen LogP contribution is -2.26. The molecule has 1 fully saturated rings. The Morgan fingerprint density at radius 3 is 1.32 bits per heavy atom. The van der Waals surface area contributed by atoms with Gasteiger partial charge < -0.3 is 95.3 Å².